The molecule has 0 radical (unpaired) electrons. The number of carbonyl (C=O) groups is 1. The number of methoxy groups -OCH3 is 2. The molecular weight excluding hydrogens is 374 g/mol. The van der Waals surface area contributed by atoms with Gasteiger partial charge in [-0.1, -0.05) is 17.2 Å². The quantitative estimate of drug-likeness (QED) is 0.623. The molecule has 4 rings (SSSR count). The summed E-state index contributed by atoms with van der Waals surface area (Å²) in [6.45, 7) is 2.66. The Morgan fingerprint density at radius 1 is 1.14 bits per heavy atom. The summed E-state index contributed by atoms with van der Waals surface area (Å²) < 4.78 is 21.5. The predicted molar refractivity (Wildman–Crippen MR) is 104 cm³/mol. The van der Waals surface area contributed by atoms with Crippen LogP contribution < -0.4 is 9.47 Å². The third kappa shape index (κ3) is 3.57. The first kappa shape index (κ1) is 19.0. The molecular formula is C21H23N3O5. The molecule has 0 saturated carbocycles. The molecule has 152 valence electrons. The maximum atomic E-state index is 13.1. The molecule has 1 aliphatic heterocycles. The van der Waals surface area contributed by atoms with E-state index in [1.807, 2.05) is 19.1 Å². The van der Waals surface area contributed by atoms with E-state index in [0.29, 0.717) is 23.8 Å². The molecule has 29 heavy (non-hydrogen) atoms. The maximum absolute atomic E-state index is 13.1. The number of aromatic nitrogens is 2. The van der Waals surface area contributed by atoms with Crippen LogP contribution >= 0.6 is 0 Å². The summed E-state index contributed by atoms with van der Waals surface area (Å²) in [7, 11) is 3.14. The average Bonchev–Trinajstić information content (AvgIpc) is 3.52. The van der Waals surface area contributed by atoms with Crippen LogP contribution in [-0.4, -0.2) is 41.9 Å². The van der Waals surface area contributed by atoms with Crippen molar-refractivity contribution in [3.05, 3.63) is 47.5 Å². The van der Waals surface area contributed by atoms with Gasteiger partial charge in [-0.05, 0) is 37.5 Å². The van der Waals surface area contributed by atoms with Gasteiger partial charge in [0.2, 0.25) is 0 Å². The summed E-state index contributed by atoms with van der Waals surface area (Å²) in [5.41, 5.74) is 1.89. The third-order valence-electron chi connectivity index (χ3n) is 5.18. The van der Waals surface area contributed by atoms with Crippen LogP contribution in [0.4, 0.5) is 0 Å². The summed E-state index contributed by atoms with van der Waals surface area (Å²) in [6, 6.07) is 8.84. The van der Waals surface area contributed by atoms with Gasteiger partial charge in [0, 0.05) is 24.2 Å². The monoisotopic (exact) mass is 397 g/mol. The predicted octanol–water partition coefficient (Wildman–Crippen LogP) is 3.89. The first-order valence-electron chi connectivity index (χ1n) is 9.60. The highest BCUT2D eigenvalue weighted by atomic mass is 16.5. The van der Waals surface area contributed by atoms with E-state index < -0.39 is 0 Å². The summed E-state index contributed by atoms with van der Waals surface area (Å²) in [5.74, 6) is 2.21. The fourth-order valence-corrected chi connectivity index (χ4v) is 3.61. The lowest BCUT2D eigenvalue weighted by Crippen LogP contribution is -2.30. The van der Waals surface area contributed by atoms with Crippen LogP contribution in [0.2, 0.25) is 0 Å². The van der Waals surface area contributed by atoms with E-state index in [2.05, 4.69) is 10.3 Å². The molecule has 0 N–H and O–H groups in total. The van der Waals surface area contributed by atoms with Crippen LogP contribution in [0.3, 0.4) is 0 Å². The van der Waals surface area contributed by atoms with Crippen molar-refractivity contribution in [2.75, 3.05) is 20.8 Å². The number of benzene rings is 1. The molecule has 1 saturated heterocycles. The van der Waals surface area contributed by atoms with E-state index in [1.165, 1.54) is 0 Å². The maximum Gasteiger partial charge on any atom is 0.276 e. The topological polar surface area (TPSA) is 90.8 Å². The van der Waals surface area contributed by atoms with Crippen LogP contribution in [-0.2, 0) is 6.42 Å². The fourth-order valence-electron chi connectivity index (χ4n) is 3.61. The molecule has 0 spiro atoms. The van der Waals surface area contributed by atoms with Crippen LogP contribution in [0.1, 0.15) is 47.7 Å². The van der Waals surface area contributed by atoms with Crippen molar-refractivity contribution in [2.45, 2.75) is 32.2 Å². The smallest absolute Gasteiger partial charge is 0.276 e. The highest BCUT2D eigenvalue weighted by molar-refractivity contribution is 5.93. The Bertz CT molecular complexity index is 1010. The van der Waals surface area contributed by atoms with Gasteiger partial charge in [-0.2, -0.15) is 0 Å². The van der Waals surface area contributed by atoms with E-state index in [1.54, 1.807) is 37.3 Å². The minimum absolute atomic E-state index is 0.128. The highest BCUT2D eigenvalue weighted by Crippen LogP contribution is 2.35. The Balaban J connectivity index is 1.56. The van der Waals surface area contributed by atoms with Crippen LogP contribution in [0.25, 0.3) is 11.3 Å². The number of ether oxygens (including phenoxy) is 2. The lowest BCUT2D eigenvalue weighted by Gasteiger charge is -2.21. The third-order valence-corrected chi connectivity index (χ3v) is 5.18. The molecule has 1 atom stereocenters. The van der Waals surface area contributed by atoms with Gasteiger partial charge in [0.15, 0.2) is 28.7 Å². The van der Waals surface area contributed by atoms with Crippen LogP contribution in [0, 0.1) is 0 Å². The van der Waals surface area contributed by atoms with Crippen molar-refractivity contribution in [2.24, 2.45) is 0 Å². The van der Waals surface area contributed by atoms with Gasteiger partial charge in [0.1, 0.15) is 0 Å². The summed E-state index contributed by atoms with van der Waals surface area (Å²) in [4.78, 5) is 14.8. The van der Waals surface area contributed by atoms with E-state index in [-0.39, 0.29) is 17.6 Å². The second-order valence-electron chi connectivity index (χ2n) is 6.88. The van der Waals surface area contributed by atoms with Crippen LogP contribution in [0.15, 0.2) is 39.4 Å². The van der Waals surface area contributed by atoms with Crippen molar-refractivity contribution in [1.82, 2.24) is 15.2 Å². The first-order chi connectivity index (χ1) is 14.1. The second kappa shape index (κ2) is 7.98. The Morgan fingerprint density at radius 2 is 1.97 bits per heavy atom. The summed E-state index contributed by atoms with van der Waals surface area (Å²) in [5, 5.41) is 8.05. The molecule has 3 heterocycles. The van der Waals surface area contributed by atoms with Crippen molar-refractivity contribution in [3.63, 3.8) is 0 Å². The van der Waals surface area contributed by atoms with E-state index >= 15 is 0 Å². The second-order valence-corrected chi connectivity index (χ2v) is 6.88. The summed E-state index contributed by atoms with van der Waals surface area (Å²) >= 11 is 0. The molecule has 2 aromatic heterocycles. The zero-order valence-corrected chi connectivity index (χ0v) is 16.7. The minimum Gasteiger partial charge on any atom is -0.493 e. The van der Waals surface area contributed by atoms with Gasteiger partial charge in [0.05, 0.1) is 26.0 Å². The van der Waals surface area contributed by atoms with Gasteiger partial charge in [-0.3, -0.25) is 4.79 Å². The Hall–Kier alpha value is -3.29. The number of carbonyl (C=O) groups excluding carboxylic acids is 1. The molecule has 8 nitrogen and oxygen atoms in total. The fraction of sp³-hybridized carbons (Fsp3) is 0.381. The lowest BCUT2D eigenvalue weighted by atomic mass is 10.1. The molecule has 1 fully saturated rings. The number of likely N-dealkylation sites (tertiary alicyclic amines) is 1. The molecule has 1 amide bonds. The van der Waals surface area contributed by atoms with Crippen molar-refractivity contribution in [3.8, 4) is 22.8 Å². The van der Waals surface area contributed by atoms with Gasteiger partial charge in [-0.25, -0.2) is 0 Å². The van der Waals surface area contributed by atoms with E-state index in [9.17, 15) is 4.79 Å². The number of rotatable bonds is 6. The lowest BCUT2D eigenvalue weighted by molar-refractivity contribution is 0.0704. The summed E-state index contributed by atoms with van der Waals surface area (Å²) in [6.07, 6.45) is 2.53. The molecule has 8 heteroatoms. The Kier molecular flexibility index (Phi) is 5.24. The average molecular weight is 397 g/mol. The molecule has 1 aromatic carbocycles. The van der Waals surface area contributed by atoms with Crippen molar-refractivity contribution >= 4 is 5.91 Å². The first-order valence-corrected chi connectivity index (χ1v) is 9.60. The van der Waals surface area contributed by atoms with Crippen LogP contribution in [0.5, 0.6) is 11.5 Å². The minimum atomic E-state index is -0.183. The van der Waals surface area contributed by atoms with Crippen molar-refractivity contribution < 1.29 is 23.3 Å². The Labute approximate surface area is 168 Å². The molecule has 1 aliphatic rings. The normalized spacial score (nSPS) is 16.2. The van der Waals surface area contributed by atoms with Gasteiger partial charge >= 0.3 is 0 Å². The number of aryl methyl sites for hydroxylation is 1. The largest absolute Gasteiger partial charge is 0.493 e. The zero-order chi connectivity index (χ0) is 20.4. The molecule has 0 bridgehead atoms. The standard InChI is InChI=1S/C21H23N3O5/c1-4-14-11-19(29-22-14)16-6-5-9-24(16)21(25)15-12-18(28-23-15)13-7-8-17(26-2)20(10-13)27-3/h7-8,10-12,16H,4-6,9H2,1-3H3. The molecule has 0 aliphatic carbocycles. The Morgan fingerprint density at radius 3 is 2.69 bits per heavy atom. The number of hydrogen-bond donors (Lipinski definition) is 0. The van der Waals surface area contributed by atoms with Crippen molar-refractivity contribution in [1.29, 1.82) is 0 Å². The van der Waals surface area contributed by atoms with Gasteiger partial charge in [-0.15, -0.1) is 0 Å². The highest BCUT2D eigenvalue weighted by Gasteiger charge is 2.34. The zero-order valence-electron chi connectivity index (χ0n) is 16.7. The SMILES string of the molecule is CCc1cc(C2CCCN2C(=O)c2cc(-c3ccc(OC)c(OC)c3)on2)on1. The van der Waals surface area contributed by atoms with E-state index in [0.717, 1.165) is 36.3 Å². The van der Waals surface area contributed by atoms with Gasteiger partial charge in [0.25, 0.3) is 5.91 Å². The molecule has 3 aromatic rings. The van der Waals surface area contributed by atoms with Gasteiger partial charge < -0.3 is 23.4 Å². The number of nitrogens with zero attached hydrogens (tertiary/aromatic N) is 3. The molecule has 1 unspecified atom stereocenters. The number of amides is 1. The number of hydrogen-bond acceptors (Lipinski definition) is 7. The van der Waals surface area contributed by atoms with E-state index in [4.69, 9.17) is 18.5 Å².